The van der Waals surface area contributed by atoms with Gasteiger partial charge in [0, 0.05) is 15.5 Å². The van der Waals surface area contributed by atoms with Gasteiger partial charge in [-0.15, -0.1) is 0 Å². The van der Waals surface area contributed by atoms with Crippen LogP contribution >= 0.6 is 27.5 Å². The molecule has 4 heteroatoms. The van der Waals surface area contributed by atoms with E-state index in [4.69, 9.17) is 22.1 Å². The molecule has 19 heavy (non-hydrogen) atoms. The molecule has 0 aliphatic rings. The second-order valence-corrected chi connectivity index (χ2v) is 5.71. The summed E-state index contributed by atoms with van der Waals surface area (Å²) in [5.74, 6) is 0.850. The zero-order valence-electron chi connectivity index (χ0n) is 10.6. The van der Waals surface area contributed by atoms with Crippen LogP contribution in [0.2, 0.25) is 5.02 Å². The third-order valence-electron chi connectivity index (χ3n) is 2.93. The molecule has 2 rings (SSSR count). The normalized spacial score (nSPS) is 12.2. The molecule has 0 heterocycles. The monoisotopic (exact) mass is 339 g/mol. The third-order valence-corrected chi connectivity index (χ3v) is 3.60. The summed E-state index contributed by atoms with van der Waals surface area (Å²) in [5, 5.41) is 0.689. The van der Waals surface area contributed by atoms with Gasteiger partial charge in [0.25, 0.3) is 0 Å². The Hall–Kier alpha value is -1.03. The Morgan fingerprint density at radius 2 is 1.89 bits per heavy atom. The van der Waals surface area contributed by atoms with Crippen molar-refractivity contribution in [2.45, 2.75) is 12.5 Å². The molecule has 1 unspecified atom stereocenters. The number of rotatable bonds is 4. The average Bonchev–Trinajstić information content (AvgIpc) is 2.38. The zero-order chi connectivity index (χ0) is 13.8. The number of halogens is 2. The molecule has 0 spiro atoms. The summed E-state index contributed by atoms with van der Waals surface area (Å²) in [6.07, 6.45) is 0.761. The number of hydrogen-bond donors (Lipinski definition) is 1. The van der Waals surface area contributed by atoms with Crippen molar-refractivity contribution in [3.63, 3.8) is 0 Å². The van der Waals surface area contributed by atoms with Crippen LogP contribution in [0.4, 0.5) is 0 Å². The standard InChI is InChI=1S/C15H15BrClNO/c1-19-14-4-2-10(3-5-14)6-15(18)11-7-12(16)9-13(17)8-11/h2-5,7-9,15H,6,18H2,1H3. The zero-order valence-corrected chi connectivity index (χ0v) is 12.9. The van der Waals surface area contributed by atoms with E-state index in [9.17, 15) is 0 Å². The molecule has 0 amide bonds. The van der Waals surface area contributed by atoms with Crippen molar-refractivity contribution in [3.8, 4) is 5.75 Å². The summed E-state index contributed by atoms with van der Waals surface area (Å²) in [4.78, 5) is 0. The largest absolute Gasteiger partial charge is 0.497 e. The van der Waals surface area contributed by atoms with Crippen LogP contribution < -0.4 is 10.5 Å². The number of nitrogens with two attached hydrogens (primary N) is 1. The first-order valence-electron chi connectivity index (χ1n) is 5.93. The van der Waals surface area contributed by atoms with Gasteiger partial charge in [0.15, 0.2) is 0 Å². The van der Waals surface area contributed by atoms with E-state index < -0.39 is 0 Å². The molecule has 0 aliphatic carbocycles. The predicted molar refractivity (Wildman–Crippen MR) is 82.8 cm³/mol. The second kappa shape index (κ2) is 6.42. The first-order chi connectivity index (χ1) is 9.08. The van der Waals surface area contributed by atoms with Gasteiger partial charge >= 0.3 is 0 Å². The molecule has 2 aromatic carbocycles. The lowest BCUT2D eigenvalue weighted by molar-refractivity contribution is 0.414. The molecular formula is C15H15BrClNO. The third kappa shape index (κ3) is 3.96. The van der Waals surface area contributed by atoms with Crippen molar-refractivity contribution in [1.29, 1.82) is 0 Å². The highest BCUT2D eigenvalue weighted by Crippen LogP contribution is 2.25. The van der Waals surface area contributed by atoms with Gasteiger partial charge < -0.3 is 10.5 Å². The molecule has 0 aromatic heterocycles. The van der Waals surface area contributed by atoms with E-state index in [1.54, 1.807) is 7.11 Å². The molecule has 0 bridgehead atoms. The molecular weight excluding hydrogens is 326 g/mol. The Morgan fingerprint density at radius 1 is 1.21 bits per heavy atom. The summed E-state index contributed by atoms with van der Waals surface area (Å²) in [7, 11) is 1.66. The molecule has 0 saturated carbocycles. The Labute approximate surface area is 126 Å². The van der Waals surface area contributed by atoms with Crippen molar-refractivity contribution >= 4 is 27.5 Å². The van der Waals surface area contributed by atoms with Crippen LogP contribution in [0.15, 0.2) is 46.9 Å². The summed E-state index contributed by atoms with van der Waals surface area (Å²) < 4.78 is 6.08. The van der Waals surface area contributed by atoms with Crippen LogP contribution in [0.3, 0.4) is 0 Å². The van der Waals surface area contributed by atoms with Crippen molar-refractivity contribution < 1.29 is 4.74 Å². The fraction of sp³-hybridized carbons (Fsp3) is 0.200. The molecule has 0 radical (unpaired) electrons. The van der Waals surface area contributed by atoms with Gasteiger partial charge in [0.05, 0.1) is 7.11 Å². The Morgan fingerprint density at radius 3 is 2.47 bits per heavy atom. The van der Waals surface area contributed by atoms with E-state index in [0.29, 0.717) is 5.02 Å². The fourth-order valence-corrected chi connectivity index (χ4v) is 2.81. The summed E-state index contributed by atoms with van der Waals surface area (Å²) in [5.41, 5.74) is 8.42. The van der Waals surface area contributed by atoms with Crippen molar-refractivity contribution in [3.05, 3.63) is 63.1 Å². The minimum Gasteiger partial charge on any atom is -0.497 e. The van der Waals surface area contributed by atoms with Gasteiger partial charge in [-0.05, 0) is 47.9 Å². The maximum atomic E-state index is 6.22. The molecule has 100 valence electrons. The van der Waals surface area contributed by atoms with Crippen LogP contribution in [-0.2, 0) is 6.42 Å². The second-order valence-electron chi connectivity index (χ2n) is 4.36. The highest BCUT2D eigenvalue weighted by molar-refractivity contribution is 9.10. The topological polar surface area (TPSA) is 35.2 Å². The Kier molecular flexibility index (Phi) is 4.86. The molecule has 0 fully saturated rings. The highest BCUT2D eigenvalue weighted by atomic mass is 79.9. The molecule has 0 saturated heterocycles. The van der Waals surface area contributed by atoms with E-state index in [2.05, 4.69) is 15.9 Å². The van der Waals surface area contributed by atoms with Crippen LogP contribution in [0.25, 0.3) is 0 Å². The predicted octanol–water partition coefficient (Wildman–Crippen LogP) is 4.35. The highest BCUT2D eigenvalue weighted by Gasteiger charge is 2.09. The Balaban J connectivity index is 2.13. The van der Waals surface area contributed by atoms with Gasteiger partial charge in [0.2, 0.25) is 0 Å². The molecule has 1 atom stereocenters. The van der Waals surface area contributed by atoms with Gasteiger partial charge in [0.1, 0.15) is 5.75 Å². The van der Waals surface area contributed by atoms with Gasteiger partial charge in [-0.2, -0.15) is 0 Å². The maximum Gasteiger partial charge on any atom is 0.118 e. The van der Waals surface area contributed by atoms with Gasteiger partial charge in [-0.1, -0.05) is 39.7 Å². The quantitative estimate of drug-likeness (QED) is 0.898. The van der Waals surface area contributed by atoms with Gasteiger partial charge in [-0.25, -0.2) is 0 Å². The van der Waals surface area contributed by atoms with Crippen molar-refractivity contribution in [1.82, 2.24) is 0 Å². The van der Waals surface area contributed by atoms with E-state index >= 15 is 0 Å². The SMILES string of the molecule is COc1ccc(CC(N)c2cc(Cl)cc(Br)c2)cc1. The molecule has 2 N–H and O–H groups in total. The van der Waals surface area contributed by atoms with Crippen LogP contribution in [0.5, 0.6) is 5.75 Å². The van der Waals surface area contributed by atoms with Gasteiger partial charge in [-0.3, -0.25) is 0 Å². The first-order valence-corrected chi connectivity index (χ1v) is 7.10. The smallest absolute Gasteiger partial charge is 0.118 e. The first kappa shape index (κ1) is 14.4. The lowest BCUT2D eigenvalue weighted by atomic mass is 10.00. The molecule has 0 aliphatic heterocycles. The molecule has 2 nitrogen and oxygen atoms in total. The van der Waals surface area contributed by atoms with Crippen LogP contribution in [0.1, 0.15) is 17.2 Å². The lowest BCUT2D eigenvalue weighted by Crippen LogP contribution is -2.13. The van der Waals surface area contributed by atoms with Crippen molar-refractivity contribution in [2.75, 3.05) is 7.11 Å². The van der Waals surface area contributed by atoms with Crippen LogP contribution in [0, 0.1) is 0 Å². The van der Waals surface area contributed by atoms with E-state index in [1.165, 1.54) is 5.56 Å². The minimum absolute atomic E-state index is 0.0802. The number of ether oxygens (including phenoxy) is 1. The summed E-state index contributed by atoms with van der Waals surface area (Å²) in [6.45, 7) is 0. The van der Waals surface area contributed by atoms with E-state index in [0.717, 1.165) is 22.2 Å². The maximum absolute atomic E-state index is 6.22. The Bertz CT molecular complexity index is 536. The number of hydrogen-bond acceptors (Lipinski definition) is 2. The molecule has 2 aromatic rings. The van der Waals surface area contributed by atoms with E-state index in [-0.39, 0.29) is 6.04 Å². The minimum atomic E-state index is -0.0802. The number of methoxy groups -OCH3 is 1. The van der Waals surface area contributed by atoms with E-state index in [1.807, 2.05) is 42.5 Å². The fourth-order valence-electron chi connectivity index (χ4n) is 1.92. The number of benzene rings is 2. The van der Waals surface area contributed by atoms with Crippen molar-refractivity contribution in [2.24, 2.45) is 5.73 Å². The van der Waals surface area contributed by atoms with Crippen LogP contribution in [-0.4, -0.2) is 7.11 Å². The average molecular weight is 341 g/mol. The summed E-state index contributed by atoms with van der Waals surface area (Å²) >= 11 is 9.46. The lowest BCUT2D eigenvalue weighted by Gasteiger charge is -2.13. The summed E-state index contributed by atoms with van der Waals surface area (Å²) in [6, 6.07) is 13.6.